The summed E-state index contributed by atoms with van der Waals surface area (Å²) in [7, 11) is 1.66. The van der Waals surface area contributed by atoms with E-state index in [1.54, 1.807) is 7.05 Å². The molecule has 1 saturated carbocycles. The largest absolute Gasteiger partial charge is 0.478 e. The smallest absolute Gasteiger partial charge is 0.335 e. The van der Waals surface area contributed by atoms with E-state index in [1.807, 2.05) is 0 Å². The molecular weight excluding hydrogens is 285 g/mol. The first kappa shape index (κ1) is 16.5. The van der Waals surface area contributed by atoms with Crippen molar-refractivity contribution in [3.8, 4) is 0 Å². The third-order valence-electron chi connectivity index (χ3n) is 4.39. The van der Waals surface area contributed by atoms with Gasteiger partial charge in [0.15, 0.2) is 0 Å². The molecule has 0 bridgehead atoms. The number of hydrogen-bond acceptors (Lipinski definition) is 2. The molecule has 0 heterocycles. The summed E-state index contributed by atoms with van der Waals surface area (Å²) in [5.74, 6) is -1.73. The highest BCUT2D eigenvalue weighted by Crippen LogP contribution is 2.26. The molecule has 1 aromatic carbocycles. The van der Waals surface area contributed by atoms with Crippen LogP contribution in [-0.2, 0) is 0 Å². The molecule has 4 nitrogen and oxygen atoms in total. The standard InChI is InChI=1S/C17H22FNO3/c1-19(10-9-12-5-3-2-4-6-12)16(20)14-8-7-13(17(21)22)11-15(14)18/h7-8,11-12H,2-6,9-10H2,1H3,(H,21,22). The number of carboxylic acid groups (broad SMARTS) is 1. The van der Waals surface area contributed by atoms with Gasteiger partial charge in [-0.25, -0.2) is 9.18 Å². The van der Waals surface area contributed by atoms with E-state index in [0.29, 0.717) is 12.5 Å². The van der Waals surface area contributed by atoms with Crippen molar-refractivity contribution < 1.29 is 19.1 Å². The second-order valence-electron chi connectivity index (χ2n) is 6.02. The predicted molar refractivity (Wildman–Crippen MR) is 81.5 cm³/mol. The Balaban J connectivity index is 1.96. The van der Waals surface area contributed by atoms with Gasteiger partial charge in [0.2, 0.25) is 0 Å². The van der Waals surface area contributed by atoms with E-state index in [-0.39, 0.29) is 11.1 Å². The molecule has 5 heteroatoms. The molecule has 0 atom stereocenters. The molecule has 0 aromatic heterocycles. The molecule has 0 radical (unpaired) electrons. The summed E-state index contributed by atoms with van der Waals surface area (Å²) in [5, 5.41) is 8.81. The summed E-state index contributed by atoms with van der Waals surface area (Å²) in [6.45, 7) is 0.601. The minimum atomic E-state index is -1.21. The highest BCUT2D eigenvalue weighted by molar-refractivity contribution is 5.96. The van der Waals surface area contributed by atoms with Crippen molar-refractivity contribution in [2.24, 2.45) is 5.92 Å². The number of carbonyl (C=O) groups excluding carboxylic acids is 1. The number of hydrogen-bond donors (Lipinski definition) is 1. The average Bonchev–Trinajstić information content (AvgIpc) is 2.52. The van der Waals surface area contributed by atoms with Gasteiger partial charge in [-0.05, 0) is 30.5 Å². The molecule has 1 aliphatic rings. The lowest BCUT2D eigenvalue weighted by molar-refractivity contribution is 0.0693. The Morgan fingerprint density at radius 3 is 2.55 bits per heavy atom. The van der Waals surface area contributed by atoms with Crippen LogP contribution in [-0.4, -0.2) is 35.5 Å². The van der Waals surface area contributed by atoms with Crippen LogP contribution in [0.15, 0.2) is 18.2 Å². The molecule has 1 aliphatic carbocycles. The first-order valence-electron chi connectivity index (χ1n) is 7.77. The molecule has 1 amide bonds. The number of carbonyl (C=O) groups is 2. The van der Waals surface area contributed by atoms with E-state index in [0.717, 1.165) is 12.5 Å². The van der Waals surface area contributed by atoms with Crippen molar-refractivity contribution in [2.75, 3.05) is 13.6 Å². The Morgan fingerprint density at radius 1 is 1.27 bits per heavy atom. The van der Waals surface area contributed by atoms with E-state index in [1.165, 1.54) is 49.1 Å². The van der Waals surface area contributed by atoms with Gasteiger partial charge in [-0.1, -0.05) is 32.1 Å². The Bertz CT molecular complexity index is 553. The first-order chi connectivity index (χ1) is 10.5. The maximum atomic E-state index is 13.9. The number of aromatic carboxylic acids is 1. The zero-order valence-corrected chi connectivity index (χ0v) is 12.8. The van der Waals surface area contributed by atoms with E-state index >= 15 is 0 Å². The van der Waals surface area contributed by atoms with Gasteiger partial charge in [0.1, 0.15) is 5.82 Å². The quantitative estimate of drug-likeness (QED) is 0.904. The third-order valence-corrected chi connectivity index (χ3v) is 4.39. The maximum Gasteiger partial charge on any atom is 0.335 e. The van der Waals surface area contributed by atoms with Crippen LogP contribution in [0.1, 0.15) is 59.2 Å². The van der Waals surface area contributed by atoms with Gasteiger partial charge in [0, 0.05) is 13.6 Å². The number of rotatable bonds is 5. The Labute approximate surface area is 129 Å². The van der Waals surface area contributed by atoms with Crippen LogP contribution in [0.5, 0.6) is 0 Å². The molecule has 0 saturated heterocycles. The van der Waals surface area contributed by atoms with Crippen LogP contribution in [0.4, 0.5) is 4.39 Å². The normalized spacial score (nSPS) is 15.5. The molecule has 22 heavy (non-hydrogen) atoms. The predicted octanol–water partition coefficient (Wildman–Crippen LogP) is 3.57. The second kappa shape index (κ2) is 7.38. The van der Waals surface area contributed by atoms with Crippen molar-refractivity contribution in [1.29, 1.82) is 0 Å². The lowest BCUT2D eigenvalue weighted by Gasteiger charge is -2.24. The van der Waals surface area contributed by atoms with E-state index in [4.69, 9.17) is 5.11 Å². The number of nitrogens with zero attached hydrogens (tertiary/aromatic N) is 1. The third kappa shape index (κ3) is 4.06. The lowest BCUT2D eigenvalue weighted by atomic mass is 9.87. The van der Waals surface area contributed by atoms with Crippen molar-refractivity contribution in [1.82, 2.24) is 4.90 Å². The van der Waals surface area contributed by atoms with E-state index < -0.39 is 17.7 Å². The molecule has 0 unspecified atom stereocenters. The van der Waals surface area contributed by atoms with Crippen LogP contribution in [0.3, 0.4) is 0 Å². The fourth-order valence-corrected chi connectivity index (χ4v) is 2.98. The minimum Gasteiger partial charge on any atom is -0.478 e. The summed E-state index contributed by atoms with van der Waals surface area (Å²) < 4.78 is 13.9. The van der Waals surface area contributed by atoms with Crippen molar-refractivity contribution in [3.05, 3.63) is 35.1 Å². The van der Waals surface area contributed by atoms with Crippen LogP contribution in [0, 0.1) is 11.7 Å². The summed E-state index contributed by atoms with van der Waals surface area (Å²) in [4.78, 5) is 24.6. The molecule has 1 fully saturated rings. The molecule has 1 aromatic rings. The molecular formula is C17H22FNO3. The summed E-state index contributed by atoms with van der Waals surface area (Å²) in [6.07, 6.45) is 7.18. The average molecular weight is 307 g/mol. The van der Waals surface area contributed by atoms with E-state index in [9.17, 15) is 14.0 Å². The minimum absolute atomic E-state index is 0.0730. The number of carboxylic acids is 1. The van der Waals surface area contributed by atoms with Gasteiger partial charge in [-0.3, -0.25) is 4.79 Å². The zero-order chi connectivity index (χ0) is 16.1. The van der Waals surface area contributed by atoms with Gasteiger partial charge >= 0.3 is 5.97 Å². The SMILES string of the molecule is CN(CCC1CCCCC1)C(=O)c1ccc(C(=O)O)cc1F. The number of halogens is 1. The van der Waals surface area contributed by atoms with Crippen LogP contribution < -0.4 is 0 Å². The highest BCUT2D eigenvalue weighted by atomic mass is 19.1. The van der Waals surface area contributed by atoms with Crippen molar-refractivity contribution in [3.63, 3.8) is 0 Å². The molecule has 2 rings (SSSR count). The summed E-state index contributed by atoms with van der Waals surface area (Å²) >= 11 is 0. The van der Waals surface area contributed by atoms with Crippen LogP contribution >= 0.6 is 0 Å². The van der Waals surface area contributed by atoms with Crippen molar-refractivity contribution in [2.45, 2.75) is 38.5 Å². The summed E-state index contributed by atoms with van der Waals surface area (Å²) in [5.41, 5.74) is -0.227. The Morgan fingerprint density at radius 2 is 1.95 bits per heavy atom. The zero-order valence-electron chi connectivity index (χ0n) is 12.8. The number of benzene rings is 1. The second-order valence-corrected chi connectivity index (χ2v) is 6.02. The summed E-state index contributed by atoms with van der Waals surface area (Å²) in [6, 6.07) is 3.40. The van der Waals surface area contributed by atoms with Gasteiger partial charge in [0.05, 0.1) is 11.1 Å². The van der Waals surface area contributed by atoms with Crippen molar-refractivity contribution >= 4 is 11.9 Å². The van der Waals surface area contributed by atoms with Gasteiger partial charge in [-0.15, -0.1) is 0 Å². The Kier molecular flexibility index (Phi) is 5.52. The topological polar surface area (TPSA) is 57.6 Å². The highest BCUT2D eigenvalue weighted by Gasteiger charge is 2.20. The first-order valence-corrected chi connectivity index (χ1v) is 7.77. The van der Waals surface area contributed by atoms with E-state index in [2.05, 4.69) is 0 Å². The van der Waals surface area contributed by atoms with Gasteiger partial charge < -0.3 is 10.0 Å². The monoisotopic (exact) mass is 307 g/mol. The fraction of sp³-hybridized carbons (Fsp3) is 0.529. The number of amides is 1. The maximum absolute atomic E-state index is 13.9. The van der Waals surface area contributed by atoms with Crippen LogP contribution in [0.2, 0.25) is 0 Å². The molecule has 120 valence electrons. The molecule has 0 spiro atoms. The van der Waals surface area contributed by atoms with Gasteiger partial charge in [-0.2, -0.15) is 0 Å². The Hall–Kier alpha value is -1.91. The fourth-order valence-electron chi connectivity index (χ4n) is 2.98. The lowest BCUT2D eigenvalue weighted by Crippen LogP contribution is -2.30. The van der Waals surface area contributed by atoms with Crippen LogP contribution in [0.25, 0.3) is 0 Å². The molecule has 1 N–H and O–H groups in total. The molecule has 0 aliphatic heterocycles. The van der Waals surface area contributed by atoms with Gasteiger partial charge in [0.25, 0.3) is 5.91 Å².